The molecular formula is C14H21N3OS. The number of hydrogen-bond donors (Lipinski definition) is 3. The number of hydrogen-bond acceptors (Lipinski definition) is 2. The molecule has 1 aromatic rings. The fourth-order valence-electron chi connectivity index (χ4n) is 1.83. The molecule has 0 saturated heterocycles. The van der Waals surface area contributed by atoms with Crippen molar-refractivity contribution in [2.45, 2.75) is 32.6 Å². The SMILES string of the molecule is CCCC(C(=O)NNC(=S)NCC)c1ccccc1. The Kier molecular flexibility index (Phi) is 6.89. The number of carbonyl (C=O) groups excluding carboxylic acids is 1. The van der Waals surface area contributed by atoms with Gasteiger partial charge in [-0.15, -0.1) is 0 Å². The number of thiocarbonyl (C=S) groups is 1. The second-order valence-corrected chi connectivity index (χ2v) is 4.63. The average Bonchev–Trinajstić information content (AvgIpc) is 2.43. The van der Waals surface area contributed by atoms with E-state index in [0.717, 1.165) is 24.9 Å². The van der Waals surface area contributed by atoms with E-state index in [9.17, 15) is 4.79 Å². The molecule has 0 radical (unpaired) electrons. The second kappa shape index (κ2) is 8.48. The molecule has 0 fully saturated rings. The first-order valence-electron chi connectivity index (χ1n) is 6.57. The van der Waals surface area contributed by atoms with E-state index in [1.165, 1.54) is 0 Å². The van der Waals surface area contributed by atoms with Crippen molar-refractivity contribution in [3.05, 3.63) is 35.9 Å². The van der Waals surface area contributed by atoms with Crippen LogP contribution in [0.4, 0.5) is 0 Å². The van der Waals surface area contributed by atoms with Gasteiger partial charge in [0.2, 0.25) is 5.91 Å². The molecule has 0 aromatic heterocycles. The van der Waals surface area contributed by atoms with E-state index in [-0.39, 0.29) is 11.8 Å². The van der Waals surface area contributed by atoms with E-state index in [1.54, 1.807) is 0 Å². The van der Waals surface area contributed by atoms with E-state index in [4.69, 9.17) is 12.2 Å². The first-order chi connectivity index (χ1) is 9.19. The first kappa shape index (κ1) is 15.4. The number of carbonyl (C=O) groups is 1. The Morgan fingerprint density at radius 2 is 1.89 bits per heavy atom. The zero-order chi connectivity index (χ0) is 14.1. The molecule has 5 heteroatoms. The van der Waals surface area contributed by atoms with Crippen molar-refractivity contribution in [1.29, 1.82) is 0 Å². The number of rotatable bonds is 5. The van der Waals surface area contributed by atoms with Gasteiger partial charge in [0.1, 0.15) is 0 Å². The van der Waals surface area contributed by atoms with Crippen LogP contribution in [0.15, 0.2) is 30.3 Å². The lowest BCUT2D eigenvalue weighted by Crippen LogP contribution is -2.48. The van der Waals surface area contributed by atoms with Crippen molar-refractivity contribution in [2.24, 2.45) is 0 Å². The van der Waals surface area contributed by atoms with Gasteiger partial charge in [-0.05, 0) is 31.1 Å². The highest BCUT2D eigenvalue weighted by molar-refractivity contribution is 7.80. The van der Waals surface area contributed by atoms with Crippen LogP contribution in [0.25, 0.3) is 0 Å². The third-order valence-corrected chi connectivity index (χ3v) is 2.98. The minimum absolute atomic E-state index is 0.0618. The van der Waals surface area contributed by atoms with Crippen LogP contribution in [0, 0.1) is 0 Å². The summed E-state index contributed by atoms with van der Waals surface area (Å²) < 4.78 is 0. The predicted octanol–water partition coefficient (Wildman–Crippen LogP) is 2.09. The van der Waals surface area contributed by atoms with Gasteiger partial charge in [-0.2, -0.15) is 0 Å². The van der Waals surface area contributed by atoms with Crippen LogP contribution in [0.2, 0.25) is 0 Å². The van der Waals surface area contributed by atoms with E-state index in [1.807, 2.05) is 37.3 Å². The van der Waals surface area contributed by atoms with E-state index >= 15 is 0 Å². The van der Waals surface area contributed by atoms with E-state index in [2.05, 4.69) is 23.1 Å². The van der Waals surface area contributed by atoms with Gasteiger partial charge in [0.25, 0.3) is 0 Å². The number of amides is 1. The maximum absolute atomic E-state index is 12.2. The number of hydrazine groups is 1. The standard InChI is InChI=1S/C14H21N3OS/c1-3-8-12(11-9-6-5-7-10-11)13(18)16-17-14(19)15-4-2/h5-7,9-10,12H,3-4,8H2,1-2H3,(H,16,18)(H2,15,17,19). The van der Waals surface area contributed by atoms with Crippen molar-refractivity contribution in [3.63, 3.8) is 0 Å². The maximum atomic E-state index is 12.2. The molecule has 0 heterocycles. The van der Waals surface area contributed by atoms with E-state index < -0.39 is 0 Å². The topological polar surface area (TPSA) is 53.2 Å². The third-order valence-electron chi connectivity index (χ3n) is 2.73. The number of benzene rings is 1. The maximum Gasteiger partial charge on any atom is 0.245 e. The van der Waals surface area contributed by atoms with Gasteiger partial charge in [-0.1, -0.05) is 43.7 Å². The molecule has 0 aliphatic carbocycles. The minimum atomic E-state index is -0.150. The van der Waals surface area contributed by atoms with E-state index in [0.29, 0.717) is 5.11 Å². The second-order valence-electron chi connectivity index (χ2n) is 4.23. The fourth-order valence-corrected chi connectivity index (χ4v) is 2.03. The van der Waals surface area contributed by atoms with Gasteiger partial charge in [0.05, 0.1) is 5.92 Å². The lowest BCUT2D eigenvalue weighted by Gasteiger charge is -2.17. The van der Waals surface area contributed by atoms with Crippen molar-refractivity contribution >= 4 is 23.2 Å². The zero-order valence-electron chi connectivity index (χ0n) is 11.4. The molecule has 19 heavy (non-hydrogen) atoms. The molecule has 0 saturated carbocycles. The first-order valence-corrected chi connectivity index (χ1v) is 6.98. The molecule has 0 aliphatic rings. The molecule has 3 N–H and O–H groups in total. The Morgan fingerprint density at radius 3 is 2.47 bits per heavy atom. The van der Waals surface area contributed by atoms with Crippen LogP contribution in [-0.4, -0.2) is 17.6 Å². The highest BCUT2D eigenvalue weighted by atomic mass is 32.1. The van der Waals surface area contributed by atoms with Crippen LogP contribution >= 0.6 is 12.2 Å². The molecule has 4 nitrogen and oxygen atoms in total. The van der Waals surface area contributed by atoms with Crippen molar-refractivity contribution in [1.82, 2.24) is 16.2 Å². The van der Waals surface area contributed by atoms with Crippen molar-refractivity contribution in [2.75, 3.05) is 6.54 Å². The molecule has 1 amide bonds. The molecule has 1 rings (SSSR count). The third kappa shape index (κ3) is 5.26. The molecule has 104 valence electrons. The normalized spacial score (nSPS) is 11.5. The van der Waals surface area contributed by atoms with Crippen LogP contribution in [-0.2, 0) is 4.79 Å². The Morgan fingerprint density at radius 1 is 1.21 bits per heavy atom. The van der Waals surface area contributed by atoms with Gasteiger partial charge < -0.3 is 5.32 Å². The van der Waals surface area contributed by atoms with Gasteiger partial charge in [-0.25, -0.2) is 0 Å². The summed E-state index contributed by atoms with van der Waals surface area (Å²) in [6, 6.07) is 9.79. The highest BCUT2D eigenvalue weighted by Crippen LogP contribution is 2.20. The predicted molar refractivity (Wildman–Crippen MR) is 81.6 cm³/mol. The zero-order valence-corrected chi connectivity index (χ0v) is 12.2. The van der Waals surface area contributed by atoms with Crippen LogP contribution in [0.1, 0.15) is 38.2 Å². The molecule has 0 bridgehead atoms. The summed E-state index contributed by atoms with van der Waals surface area (Å²) in [5.74, 6) is -0.212. The summed E-state index contributed by atoms with van der Waals surface area (Å²) in [5.41, 5.74) is 6.40. The van der Waals surface area contributed by atoms with Crippen LogP contribution in [0.5, 0.6) is 0 Å². The quantitative estimate of drug-likeness (QED) is 0.570. The molecule has 0 spiro atoms. The lowest BCUT2D eigenvalue weighted by molar-refractivity contribution is -0.123. The Hall–Kier alpha value is -1.62. The Bertz CT molecular complexity index is 408. The van der Waals surface area contributed by atoms with Crippen LogP contribution < -0.4 is 16.2 Å². The Balaban J connectivity index is 2.61. The average molecular weight is 279 g/mol. The summed E-state index contributed by atoms with van der Waals surface area (Å²) in [6.07, 6.45) is 1.76. The molecule has 1 unspecified atom stereocenters. The molecule has 0 aliphatic heterocycles. The summed E-state index contributed by atoms with van der Waals surface area (Å²) in [6.45, 7) is 4.73. The van der Waals surface area contributed by atoms with Gasteiger partial charge in [0, 0.05) is 6.54 Å². The smallest absolute Gasteiger partial charge is 0.245 e. The number of nitrogens with one attached hydrogen (secondary N) is 3. The summed E-state index contributed by atoms with van der Waals surface area (Å²) in [5, 5.41) is 3.35. The largest absolute Gasteiger partial charge is 0.362 e. The monoisotopic (exact) mass is 279 g/mol. The fraction of sp³-hybridized carbons (Fsp3) is 0.429. The lowest BCUT2D eigenvalue weighted by atomic mass is 9.94. The minimum Gasteiger partial charge on any atom is -0.362 e. The van der Waals surface area contributed by atoms with Gasteiger partial charge in [0.15, 0.2) is 5.11 Å². The van der Waals surface area contributed by atoms with Crippen molar-refractivity contribution < 1.29 is 4.79 Å². The summed E-state index contributed by atoms with van der Waals surface area (Å²) >= 11 is 5.00. The van der Waals surface area contributed by atoms with Gasteiger partial charge >= 0.3 is 0 Å². The van der Waals surface area contributed by atoms with Crippen LogP contribution in [0.3, 0.4) is 0 Å². The summed E-state index contributed by atoms with van der Waals surface area (Å²) in [4.78, 5) is 12.2. The summed E-state index contributed by atoms with van der Waals surface area (Å²) in [7, 11) is 0. The molecular weight excluding hydrogens is 258 g/mol. The molecule has 1 aromatic carbocycles. The Labute approximate surface area is 119 Å². The van der Waals surface area contributed by atoms with Crippen molar-refractivity contribution in [3.8, 4) is 0 Å². The van der Waals surface area contributed by atoms with Gasteiger partial charge in [-0.3, -0.25) is 15.6 Å². The molecule has 1 atom stereocenters. The highest BCUT2D eigenvalue weighted by Gasteiger charge is 2.19.